The summed E-state index contributed by atoms with van der Waals surface area (Å²) in [5.74, 6) is 0.630. The van der Waals surface area contributed by atoms with E-state index in [1.54, 1.807) is 18.2 Å². The van der Waals surface area contributed by atoms with Crippen molar-refractivity contribution >= 4 is 11.6 Å². The van der Waals surface area contributed by atoms with E-state index in [9.17, 15) is 10.1 Å². The Morgan fingerprint density at radius 2 is 2.00 bits per heavy atom. The number of amides is 1. The third-order valence-electron chi connectivity index (χ3n) is 5.29. The van der Waals surface area contributed by atoms with Crippen molar-refractivity contribution < 1.29 is 9.53 Å². The SMILES string of the molecule is CCCOc1ccc(NC(=O)C2(c3cccc(C)c3)CCCC2)c(C#N)c1. The third kappa shape index (κ3) is 3.98. The lowest BCUT2D eigenvalue weighted by molar-refractivity contribution is -0.121. The molecule has 0 aromatic heterocycles. The predicted octanol–water partition coefficient (Wildman–Crippen LogP) is 5.11. The molecule has 1 N–H and O–H groups in total. The van der Waals surface area contributed by atoms with Gasteiger partial charge < -0.3 is 10.1 Å². The summed E-state index contributed by atoms with van der Waals surface area (Å²) in [6, 6.07) is 15.7. The van der Waals surface area contributed by atoms with Crippen molar-refractivity contribution in [3.8, 4) is 11.8 Å². The second-order valence-corrected chi connectivity index (χ2v) is 7.28. The largest absolute Gasteiger partial charge is 0.494 e. The fourth-order valence-corrected chi connectivity index (χ4v) is 3.84. The summed E-state index contributed by atoms with van der Waals surface area (Å²) in [6.45, 7) is 4.69. The summed E-state index contributed by atoms with van der Waals surface area (Å²) < 4.78 is 5.60. The lowest BCUT2D eigenvalue weighted by Crippen LogP contribution is -2.38. The minimum absolute atomic E-state index is 0.0238. The fraction of sp³-hybridized carbons (Fsp3) is 0.391. The highest BCUT2D eigenvalue weighted by Gasteiger charge is 2.42. The number of hydrogen-bond acceptors (Lipinski definition) is 3. The molecular formula is C23H26N2O2. The zero-order valence-electron chi connectivity index (χ0n) is 16.0. The van der Waals surface area contributed by atoms with Gasteiger partial charge in [0.25, 0.3) is 0 Å². The van der Waals surface area contributed by atoms with Crippen LogP contribution in [0.1, 0.15) is 55.7 Å². The smallest absolute Gasteiger partial charge is 0.235 e. The molecule has 0 bridgehead atoms. The lowest BCUT2D eigenvalue weighted by Gasteiger charge is -2.29. The van der Waals surface area contributed by atoms with E-state index in [0.717, 1.165) is 43.2 Å². The molecule has 0 heterocycles. The van der Waals surface area contributed by atoms with Gasteiger partial charge >= 0.3 is 0 Å². The topological polar surface area (TPSA) is 62.1 Å². The summed E-state index contributed by atoms with van der Waals surface area (Å²) in [7, 11) is 0. The van der Waals surface area contributed by atoms with Gasteiger partial charge in [0.1, 0.15) is 11.8 Å². The molecule has 0 saturated heterocycles. The van der Waals surface area contributed by atoms with Gasteiger partial charge in [-0.15, -0.1) is 0 Å². The van der Waals surface area contributed by atoms with E-state index in [0.29, 0.717) is 23.6 Å². The molecule has 4 heteroatoms. The highest BCUT2D eigenvalue weighted by Crippen LogP contribution is 2.42. The van der Waals surface area contributed by atoms with E-state index >= 15 is 0 Å². The predicted molar refractivity (Wildman–Crippen MR) is 107 cm³/mol. The van der Waals surface area contributed by atoms with Crippen LogP contribution in [-0.2, 0) is 10.2 Å². The number of rotatable bonds is 6. The maximum Gasteiger partial charge on any atom is 0.235 e. The molecule has 1 saturated carbocycles. The zero-order valence-corrected chi connectivity index (χ0v) is 16.0. The average Bonchev–Trinajstić information content (AvgIpc) is 3.18. The highest BCUT2D eigenvalue weighted by molar-refractivity contribution is 6.00. The summed E-state index contributed by atoms with van der Waals surface area (Å²) in [6.07, 6.45) is 4.65. The van der Waals surface area contributed by atoms with Crippen LogP contribution >= 0.6 is 0 Å². The quantitative estimate of drug-likeness (QED) is 0.777. The lowest BCUT2D eigenvalue weighted by atomic mass is 9.77. The minimum Gasteiger partial charge on any atom is -0.494 e. The molecule has 2 aromatic rings. The second kappa shape index (κ2) is 8.26. The van der Waals surface area contributed by atoms with Gasteiger partial charge in [-0.05, 0) is 49.9 Å². The van der Waals surface area contributed by atoms with Crippen molar-refractivity contribution in [3.05, 3.63) is 59.2 Å². The Balaban J connectivity index is 1.88. The molecule has 27 heavy (non-hydrogen) atoms. The third-order valence-corrected chi connectivity index (χ3v) is 5.29. The number of nitriles is 1. The Morgan fingerprint density at radius 1 is 1.22 bits per heavy atom. The minimum atomic E-state index is -0.518. The van der Waals surface area contributed by atoms with Crippen LogP contribution in [0, 0.1) is 18.3 Å². The molecule has 0 spiro atoms. The Bertz CT molecular complexity index is 861. The first-order valence-electron chi connectivity index (χ1n) is 9.64. The number of nitrogens with zero attached hydrogens (tertiary/aromatic N) is 1. The molecule has 4 nitrogen and oxygen atoms in total. The summed E-state index contributed by atoms with van der Waals surface area (Å²) in [4.78, 5) is 13.3. The first-order chi connectivity index (χ1) is 13.1. The second-order valence-electron chi connectivity index (χ2n) is 7.28. The molecule has 2 aromatic carbocycles. The molecule has 1 amide bonds. The van der Waals surface area contributed by atoms with Crippen molar-refractivity contribution in [3.63, 3.8) is 0 Å². The van der Waals surface area contributed by atoms with E-state index < -0.39 is 5.41 Å². The molecule has 0 unspecified atom stereocenters. The highest BCUT2D eigenvalue weighted by atomic mass is 16.5. The van der Waals surface area contributed by atoms with E-state index in [1.807, 2.05) is 32.0 Å². The monoisotopic (exact) mass is 362 g/mol. The van der Waals surface area contributed by atoms with Crippen molar-refractivity contribution in [2.75, 3.05) is 11.9 Å². The Labute approximate surface area is 161 Å². The standard InChI is InChI=1S/C23H26N2O2/c1-3-13-27-20-9-10-21(18(15-20)16-24)25-22(26)23(11-4-5-12-23)19-8-6-7-17(2)14-19/h6-10,14-15H,3-5,11-13H2,1-2H3,(H,25,26). The molecule has 0 radical (unpaired) electrons. The van der Waals surface area contributed by atoms with Crippen LogP contribution in [0.25, 0.3) is 0 Å². The normalized spacial score (nSPS) is 15.1. The van der Waals surface area contributed by atoms with Gasteiger partial charge in [0.05, 0.1) is 23.3 Å². The maximum absolute atomic E-state index is 13.3. The van der Waals surface area contributed by atoms with Crippen LogP contribution in [0.15, 0.2) is 42.5 Å². The molecule has 3 rings (SSSR count). The summed E-state index contributed by atoms with van der Waals surface area (Å²) >= 11 is 0. The Hall–Kier alpha value is -2.80. The van der Waals surface area contributed by atoms with Crippen molar-refractivity contribution in [1.82, 2.24) is 0 Å². The van der Waals surface area contributed by atoms with Gasteiger partial charge in [0.15, 0.2) is 0 Å². The van der Waals surface area contributed by atoms with Crippen molar-refractivity contribution in [2.24, 2.45) is 0 Å². The van der Waals surface area contributed by atoms with Crippen LogP contribution in [0.2, 0.25) is 0 Å². The van der Waals surface area contributed by atoms with E-state index in [2.05, 4.69) is 17.5 Å². The van der Waals surface area contributed by atoms with Gasteiger partial charge in [-0.2, -0.15) is 5.26 Å². The van der Waals surface area contributed by atoms with Crippen molar-refractivity contribution in [2.45, 2.75) is 51.4 Å². The molecule has 1 fully saturated rings. The molecule has 0 aliphatic heterocycles. The van der Waals surface area contributed by atoms with Crippen LogP contribution in [0.5, 0.6) is 5.75 Å². The summed E-state index contributed by atoms with van der Waals surface area (Å²) in [5, 5.41) is 12.5. The number of carbonyl (C=O) groups is 1. The fourth-order valence-electron chi connectivity index (χ4n) is 3.84. The number of benzene rings is 2. The first kappa shape index (κ1) is 19.0. The number of ether oxygens (including phenoxy) is 1. The van der Waals surface area contributed by atoms with Crippen LogP contribution in [0.3, 0.4) is 0 Å². The molecule has 1 aliphatic rings. The summed E-state index contributed by atoms with van der Waals surface area (Å²) in [5.41, 5.74) is 2.68. The van der Waals surface area contributed by atoms with Crippen LogP contribution in [0.4, 0.5) is 5.69 Å². The zero-order chi connectivity index (χ0) is 19.3. The number of carbonyl (C=O) groups excluding carboxylic acids is 1. The van der Waals surface area contributed by atoms with Gasteiger partial charge in [-0.25, -0.2) is 0 Å². The van der Waals surface area contributed by atoms with E-state index in [1.165, 1.54) is 0 Å². The molecule has 1 aliphatic carbocycles. The maximum atomic E-state index is 13.3. The van der Waals surface area contributed by atoms with Crippen molar-refractivity contribution in [1.29, 1.82) is 5.26 Å². The Kier molecular flexibility index (Phi) is 5.81. The van der Waals surface area contributed by atoms with Gasteiger partial charge in [0, 0.05) is 0 Å². The van der Waals surface area contributed by atoms with Gasteiger partial charge in [-0.1, -0.05) is 49.6 Å². The van der Waals surface area contributed by atoms with Crippen LogP contribution < -0.4 is 10.1 Å². The van der Waals surface area contributed by atoms with Gasteiger partial charge in [-0.3, -0.25) is 4.79 Å². The van der Waals surface area contributed by atoms with E-state index in [4.69, 9.17) is 4.74 Å². The molecular weight excluding hydrogens is 336 g/mol. The van der Waals surface area contributed by atoms with E-state index in [-0.39, 0.29) is 5.91 Å². The average molecular weight is 362 g/mol. The number of nitrogens with one attached hydrogen (secondary N) is 1. The number of hydrogen-bond donors (Lipinski definition) is 1. The first-order valence-corrected chi connectivity index (χ1v) is 9.64. The molecule has 140 valence electrons. The number of anilines is 1. The van der Waals surface area contributed by atoms with Crippen LogP contribution in [-0.4, -0.2) is 12.5 Å². The van der Waals surface area contributed by atoms with Gasteiger partial charge in [0.2, 0.25) is 5.91 Å². The number of aryl methyl sites for hydroxylation is 1. The molecule has 0 atom stereocenters. The Morgan fingerprint density at radius 3 is 2.67 bits per heavy atom.